The molecule has 1 aliphatic carbocycles. The summed E-state index contributed by atoms with van der Waals surface area (Å²) in [4.78, 5) is 1.38. The minimum Gasteiger partial charge on any atom is -0.374 e. The molecule has 0 radical (unpaired) electrons. The maximum absolute atomic E-state index is 6.49. The van der Waals surface area contributed by atoms with E-state index in [1.807, 2.05) is 0 Å². The highest BCUT2D eigenvalue weighted by molar-refractivity contribution is 7.09. The first-order valence-corrected chi connectivity index (χ1v) is 7.96. The number of hydrogen-bond donors (Lipinski definition) is 1. The van der Waals surface area contributed by atoms with Gasteiger partial charge in [-0.3, -0.25) is 0 Å². The van der Waals surface area contributed by atoms with Gasteiger partial charge in [0.25, 0.3) is 0 Å². The molecule has 0 spiro atoms. The van der Waals surface area contributed by atoms with Gasteiger partial charge in [0.05, 0.1) is 5.60 Å². The van der Waals surface area contributed by atoms with Crippen LogP contribution in [0.3, 0.4) is 0 Å². The van der Waals surface area contributed by atoms with E-state index in [1.165, 1.54) is 17.7 Å². The highest BCUT2D eigenvalue weighted by atomic mass is 32.1. The predicted octanol–water partition coefficient (Wildman–Crippen LogP) is 3.60. The van der Waals surface area contributed by atoms with E-state index in [4.69, 9.17) is 10.5 Å². The Kier molecular flexibility index (Phi) is 4.82. The molecule has 102 valence electrons. The van der Waals surface area contributed by atoms with Crippen LogP contribution in [0, 0.1) is 5.92 Å². The van der Waals surface area contributed by atoms with Gasteiger partial charge in [-0.05, 0) is 56.4 Å². The van der Waals surface area contributed by atoms with Crippen molar-refractivity contribution in [3.63, 3.8) is 0 Å². The van der Waals surface area contributed by atoms with Crippen molar-refractivity contribution in [1.29, 1.82) is 0 Å². The van der Waals surface area contributed by atoms with Gasteiger partial charge in [-0.25, -0.2) is 0 Å². The maximum atomic E-state index is 6.49. The van der Waals surface area contributed by atoms with Crippen LogP contribution in [0.1, 0.15) is 44.4 Å². The summed E-state index contributed by atoms with van der Waals surface area (Å²) < 4.78 is 6.11. The van der Waals surface area contributed by atoms with E-state index in [-0.39, 0.29) is 11.6 Å². The van der Waals surface area contributed by atoms with Gasteiger partial charge in [0.15, 0.2) is 0 Å². The molecule has 1 heterocycles. The predicted molar refractivity (Wildman–Crippen MR) is 78.0 cm³/mol. The Morgan fingerprint density at radius 1 is 1.50 bits per heavy atom. The summed E-state index contributed by atoms with van der Waals surface area (Å²) in [5, 5.41) is 2.12. The molecule has 18 heavy (non-hydrogen) atoms. The second-order valence-electron chi connectivity index (χ2n) is 5.57. The monoisotopic (exact) mass is 267 g/mol. The van der Waals surface area contributed by atoms with E-state index in [2.05, 4.69) is 31.4 Å². The van der Waals surface area contributed by atoms with Crippen molar-refractivity contribution in [1.82, 2.24) is 0 Å². The summed E-state index contributed by atoms with van der Waals surface area (Å²) in [5.74, 6) is 0.826. The Bertz CT molecular complexity index is 341. The fourth-order valence-electron chi connectivity index (χ4n) is 2.99. The lowest BCUT2D eigenvalue weighted by atomic mass is 9.74. The molecular formula is C15H25NOS. The van der Waals surface area contributed by atoms with Crippen LogP contribution in [0.25, 0.3) is 0 Å². The third-order valence-electron chi connectivity index (χ3n) is 4.23. The van der Waals surface area contributed by atoms with E-state index in [9.17, 15) is 0 Å². The Labute approximate surface area is 115 Å². The molecule has 1 aromatic rings. The first-order chi connectivity index (χ1) is 8.66. The van der Waals surface area contributed by atoms with Gasteiger partial charge < -0.3 is 10.5 Å². The van der Waals surface area contributed by atoms with E-state index < -0.39 is 0 Å². The summed E-state index contributed by atoms with van der Waals surface area (Å²) in [6.07, 6.45) is 5.69. The van der Waals surface area contributed by atoms with E-state index in [0.29, 0.717) is 0 Å². The molecule has 1 atom stereocenters. The van der Waals surface area contributed by atoms with Crippen molar-refractivity contribution in [2.75, 3.05) is 6.61 Å². The first kappa shape index (κ1) is 14.0. The molecule has 0 bridgehead atoms. The third kappa shape index (κ3) is 3.14. The zero-order valence-corrected chi connectivity index (χ0v) is 12.3. The Hall–Kier alpha value is -0.380. The third-order valence-corrected chi connectivity index (χ3v) is 5.13. The second kappa shape index (κ2) is 6.18. The molecule has 0 aliphatic heterocycles. The first-order valence-electron chi connectivity index (χ1n) is 7.08. The molecule has 1 aliphatic rings. The number of rotatable bonds is 5. The van der Waals surface area contributed by atoms with Gasteiger partial charge in [0.1, 0.15) is 0 Å². The molecule has 2 nitrogen and oxygen atoms in total. The van der Waals surface area contributed by atoms with Gasteiger partial charge >= 0.3 is 0 Å². The molecule has 1 unspecified atom stereocenters. The summed E-state index contributed by atoms with van der Waals surface area (Å²) >= 11 is 1.80. The van der Waals surface area contributed by atoms with Crippen LogP contribution in [-0.2, 0) is 11.2 Å². The highest BCUT2D eigenvalue weighted by Gasteiger charge is 2.40. The molecule has 1 saturated carbocycles. The number of nitrogens with two attached hydrogens (primary N) is 1. The molecule has 2 N–H and O–H groups in total. The van der Waals surface area contributed by atoms with Gasteiger partial charge in [-0.1, -0.05) is 13.0 Å². The largest absolute Gasteiger partial charge is 0.374 e. The lowest BCUT2D eigenvalue weighted by Crippen LogP contribution is -2.53. The minimum atomic E-state index is -0.0781. The zero-order valence-electron chi connectivity index (χ0n) is 11.5. The van der Waals surface area contributed by atoms with Gasteiger partial charge in [-0.2, -0.15) is 0 Å². The molecule has 1 fully saturated rings. The topological polar surface area (TPSA) is 35.2 Å². The molecule has 0 saturated heterocycles. The maximum Gasteiger partial charge on any atom is 0.0836 e. The Morgan fingerprint density at radius 2 is 2.22 bits per heavy atom. The van der Waals surface area contributed by atoms with Crippen molar-refractivity contribution in [3.05, 3.63) is 22.4 Å². The smallest absolute Gasteiger partial charge is 0.0836 e. The van der Waals surface area contributed by atoms with E-state index in [0.717, 1.165) is 31.8 Å². The summed E-state index contributed by atoms with van der Waals surface area (Å²) in [6, 6.07) is 4.40. The Balaban J connectivity index is 2.04. The van der Waals surface area contributed by atoms with E-state index >= 15 is 0 Å². The van der Waals surface area contributed by atoms with Crippen LogP contribution in [0.5, 0.6) is 0 Å². The minimum absolute atomic E-state index is 0.0781. The summed E-state index contributed by atoms with van der Waals surface area (Å²) in [5.41, 5.74) is 6.41. The lowest BCUT2D eigenvalue weighted by molar-refractivity contribution is -0.0882. The molecule has 0 aromatic carbocycles. The average Bonchev–Trinajstić information content (AvgIpc) is 2.85. The van der Waals surface area contributed by atoms with E-state index in [1.54, 1.807) is 11.3 Å². The normalized spacial score (nSPS) is 30.3. The Morgan fingerprint density at radius 3 is 2.78 bits per heavy atom. The van der Waals surface area contributed by atoms with Crippen LogP contribution in [0.4, 0.5) is 0 Å². The molecule has 3 heteroatoms. The summed E-state index contributed by atoms with van der Waals surface area (Å²) in [6.45, 7) is 5.19. The van der Waals surface area contributed by atoms with Gasteiger partial charge in [0.2, 0.25) is 0 Å². The van der Waals surface area contributed by atoms with Crippen molar-refractivity contribution < 1.29 is 4.74 Å². The van der Waals surface area contributed by atoms with Crippen molar-refractivity contribution in [2.45, 2.75) is 57.6 Å². The SMILES string of the molecule is CCOC1(C(N)Cc2cccs2)CCC(C)CC1. The van der Waals surface area contributed by atoms with Crippen LogP contribution >= 0.6 is 11.3 Å². The number of hydrogen-bond acceptors (Lipinski definition) is 3. The fraction of sp³-hybridized carbons (Fsp3) is 0.733. The number of thiophene rings is 1. The standard InChI is InChI=1S/C15H25NOS/c1-3-17-15(8-6-12(2)7-9-15)14(16)11-13-5-4-10-18-13/h4-5,10,12,14H,3,6-9,11,16H2,1-2H3. The van der Waals surface area contributed by atoms with Crippen LogP contribution < -0.4 is 5.73 Å². The fourth-order valence-corrected chi connectivity index (χ4v) is 3.76. The lowest BCUT2D eigenvalue weighted by Gasteiger charge is -2.43. The number of ether oxygens (including phenoxy) is 1. The van der Waals surface area contributed by atoms with Crippen molar-refractivity contribution in [3.8, 4) is 0 Å². The average molecular weight is 267 g/mol. The van der Waals surface area contributed by atoms with Gasteiger partial charge in [0, 0.05) is 17.5 Å². The van der Waals surface area contributed by atoms with Crippen LogP contribution in [0.2, 0.25) is 0 Å². The van der Waals surface area contributed by atoms with Gasteiger partial charge in [-0.15, -0.1) is 11.3 Å². The van der Waals surface area contributed by atoms with Crippen LogP contribution in [-0.4, -0.2) is 18.2 Å². The van der Waals surface area contributed by atoms with Crippen LogP contribution in [0.15, 0.2) is 17.5 Å². The second-order valence-corrected chi connectivity index (χ2v) is 6.60. The zero-order chi connectivity index (χ0) is 13.0. The molecule has 0 amide bonds. The molecule has 2 rings (SSSR count). The summed E-state index contributed by atoms with van der Waals surface area (Å²) in [7, 11) is 0. The molecule has 1 aromatic heterocycles. The quantitative estimate of drug-likeness (QED) is 0.884. The molecular weight excluding hydrogens is 242 g/mol. The highest BCUT2D eigenvalue weighted by Crippen LogP contribution is 2.37. The van der Waals surface area contributed by atoms with Crippen molar-refractivity contribution in [2.24, 2.45) is 11.7 Å². The van der Waals surface area contributed by atoms with Crippen molar-refractivity contribution >= 4 is 11.3 Å².